The molecule has 1 aliphatic rings. The Labute approximate surface area is 163 Å². The minimum absolute atomic E-state index is 0.952. The maximum absolute atomic E-state index is 10.6. The summed E-state index contributed by atoms with van der Waals surface area (Å²) in [6.07, 6.45) is -0.796. The molecule has 0 saturated heterocycles. The lowest BCUT2D eigenvalue weighted by Crippen LogP contribution is -2.22. The van der Waals surface area contributed by atoms with Gasteiger partial charge >= 0.3 is 12.1 Å². The fraction of sp³-hybridized carbons (Fsp3) is 0.333. The third kappa shape index (κ3) is 4.45. The van der Waals surface area contributed by atoms with Crippen LogP contribution in [0.25, 0.3) is 11.3 Å². The van der Waals surface area contributed by atoms with E-state index < -0.39 is 12.1 Å². The van der Waals surface area contributed by atoms with Crippen molar-refractivity contribution in [2.24, 2.45) is 14.1 Å². The minimum atomic E-state index is -5.08. The number of aryl methyl sites for hydroxylation is 2. The first-order valence-corrected chi connectivity index (χ1v) is 9.30. The summed E-state index contributed by atoms with van der Waals surface area (Å²) in [4.78, 5) is 11.4. The first-order chi connectivity index (χ1) is 13.1. The zero-order chi connectivity index (χ0) is 20.5. The largest absolute Gasteiger partial charge is 0.490 e. The van der Waals surface area contributed by atoms with E-state index in [2.05, 4.69) is 56.9 Å². The lowest BCUT2D eigenvalue weighted by Gasteiger charge is -2.20. The van der Waals surface area contributed by atoms with Crippen LogP contribution >= 0.6 is 11.3 Å². The molecule has 0 spiro atoms. The van der Waals surface area contributed by atoms with Gasteiger partial charge in [-0.05, 0) is 28.5 Å². The second kappa shape index (κ2) is 7.80. The number of thiophene rings is 1. The number of aromatic nitrogens is 3. The van der Waals surface area contributed by atoms with Crippen molar-refractivity contribution in [3.8, 4) is 11.3 Å². The van der Waals surface area contributed by atoms with Gasteiger partial charge in [0.15, 0.2) is 0 Å². The zero-order valence-electron chi connectivity index (χ0n) is 15.3. The lowest BCUT2D eigenvalue weighted by atomic mass is 10.1. The van der Waals surface area contributed by atoms with Gasteiger partial charge in [0, 0.05) is 62.9 Å². The van der Waals surface area contributed by atoms with Crippen molar-refractivity contribution in [3.05, 3.63) is 52.1 Å². The monoisotopic (exact) mass is 412 g/mol. The number of carbonyl (C=O) groups is 1. The Bertz CT molecular complexity index is 960. The summed E-state index contributed by atoms with van der Waals surface area (Å²) in [5, 5.41) is 16.2. The van der Waals surface area contributed by atoms with Gasteiger partial charge in [0.2, 0.25) is 0 Å². The number of carboxylic acid groups (broad SMARTS) is 1. The Balaban J connectivity index is 0.000000279. The van der Waals surface area contributed by atoms with Gasteiger partial charge in [-0.3, -0.25) is 9.58 Å². The van der Waals surface area contributed by atoms with Crippen LogP contribution in [-0.2, 0) is 38.5 Å². The van der Waals surface area contributed by atoms with Gasteiger partial charge in [-0.1, -0.05) is 0 Å². The summed E-state index contributed by atoms with van der Waals surface area (Å²) < 4.78 is 35.9. The van der Waals surface area contributed by atoms with Crippen LogP contribution < -0.4 is 0 Å². The molecule has 3 aromatic heterocycles. The molecular formula is C18H19F3N4O2S. The van der Waals surface area contributed by atoms with Crippen LogP contribution in [0, 0.1) is 0 Å². The number of alkyl halides is 3. The fourth-order valence-corrected chi connectivity index (χ4v) is 3.78. The highest BCUT2D eigenvalue weighted by Gasteiger charge is 2.38. The SMILES string of the molecule is Cn1cc2c(n1)-c1ccn(C)c1CN(Cc1ccsc1)C2.O=C(O)C(F)(F)F. The predicted molar refractivity (Wildman–Crippen MR) is 98.6 cm³/mol. The van der Waals surface area contributed by atoms with E-state index >= 15 is 0 Å². The molecule has 3 aromatic rings. The van der Waals surface area contributed by atoms with Gasteiger partial charge in [-0.15, -0.1) is 0 Å². The summed E-state index contributed by atoms with van der Waals surface area (Å²) in [5.41, 5.74) is 6.48. The second-order valence-corrected chi connectivity index (χ2v) is 7.32. The van der Waals surface area contributed by atoms with E-state index in [1.807, 2.05) is 11.7 Å². The molecule has 4 heterocycles. The summed E-state index contributed by atoms with van der Waals surface area (Å²) in [6.45, 7) is 2.91. The highest BCUT2D eigenvalue weighted by atomic mass is 32.1. The van der Waals surface area contributed by atoms with Gasteiger partial charge in [-0.2, -0.15) is 29.6 Å². The predicted octanol–water partition coefficient (Wildman–Crippen LogP) is 3.64. The number of hydrogen-bond acceptors (Lipinski definition) is 4. The summed E-state index contributed by atoms with van der Waals surface area (Å²) in [5.74, 6) is -2.76. The molecule has 0 saturated carbocycles. The molecule has 0 bridgehead atoms. The molecule has 6 nitrogen and oxygen atoms in total. The first kappa shape index (κ1) is 20.2. The zero-order valence-corrected chi connectivity index (χ0v) is 16.1. The molecule has 150 valence electrons. The second-order valence-electron chi connectivity index (χ2n) is 6.54. The van der Waals surface area contributed by atoms with Crippen molar-refractivity contribution < 1.29 is 23.1 Å². The Morgan fingerprint density at radius 3 is 2.61 bits per heavy atom. The Hall–Kier alpha value is -2.59. The van der Waals surface area contributed by atoms with Crippen LogP contribution in [0.3, 0.4) is 0 Å². The van der Waals surface area contributed by atoms with E-state index in [1.54, 1.807) is 11.3 Å². The number of hydrogen-bond donors (Lipinski definition) is 1. The average Bonchev–Trinajstić information content (AvgIpc) is 3.28. The summed E-state index contributed by atoms with van der Waals surface area (Å²) in [7, 11) is 4.12. The molecule has 0 atom stereocenters. The number of aliphatic carboxylic acids is 1. The van der Waals surface area contributed by atoms with Crippen molar-refractivity contribution in [2.75, 3.05) is 0 Å². The van der Waals surface area contributed by atoms with Gasteiger partial charge in [0.1, 0.15) is 0 Å². The number of nitrogens with zero attached hydrogens (tertiary/aromatic N) is 4. The van der Waals surface area contributed by atoms with Gasteiger partial charge in [-0.25, -0.2) is 4.79 Å². The molecule has 0 fully saturated rings. The van der Waals surface area contributed by atoms with Crippen LogP contribution in [0.4, 0.5) is 13.2 Å². The van der Waals surface area contributed by atoms with E-state index in [-0.39, 0.29) is 0 Å². The van der Waals surface area contributed by atoms with Crippen LogP contribution in [0.2, 0.25) is 0 Å². The third-order valence-electron chi connectivity index (χ3n) is 4.36. The highest BCUT2D eigenvalue weighted by Crippen LogP contribution is 2.32. The van der Waals surface area contributed by atoms with Crippen LogP contribution in [0.5, 0.6) is 0 Å². The van der Waals surface area contributed by atoms with E-state index in [1.165, 1.54) is 22.4 Å². The average molecular weight is 412 g/mol. The van der Waals surface area contributed by atoms with Crippen molar-refractivity contribution in [1.29, 1.82) is 0 Å². The molecule has 0 radical (unpaired) electrons. The fourth-order valence-electron chi connectivity index (χ4n) is 3.12. The van der Waals surface area contributed by atoms with E-state index in [0.717, 1.165) is 25.3 Å². The first-order valence-electron chi connectivity index (χ1n) is 8.35. The number of carboxylic acids is 1. The molecular weight excluding hydrogens is 393 g/mol. The molecule has 10 heteroatoms. The third-order valence-corrected chi connectivity index (χ3v) is 5.09. The molecule has 1 N–H and O–H groups in total. The standard InChI is InChI=1S/C16H18N4S.C2HF3O2/c1-18-5-3-14-15(18)10-20(7-12-4-6-21-11-12)9-13-8-19(2)17-16(13)14;3-2(4,5)1(6)7/h3-6,8,11H,7,9-10H2,1-2H3;(H,6,7). The van der Waals surface area contributed by atoms with Crippen molar-refractivity contribution >= 4 is 17.3 Å². The summed E-state index contributed by atoms with van der Waals surface area (Å²) in [6, 6.07) is 4.40. The molecule has 1 aliphatic heterocycles. The lowest BCUT2D eigenvalue weighted by molar-refractivity contribution is -0.192. The number of rotatable bonds is 2. The number of fused-ring (bicyclic) bond motifs is 3. The molecule has 28 heavy (non-hydrogen) atoms. The maximum Gasteiger partial charge on any atom is 0.490 e. The Morgan fingerprint density at radius 2 is 2.00 bits per heavy atom. The van der Waals surface area contributed by atoms with E-state index in [0.29, 0.717) is 0 Å². The van der Waals surface area contributed by atoms with Gasteiger partial charge in [0.05, 0.1) is 5.69 Å². The van der Waals surface area contributed by atoms with E-state index in [9.17, 15) is 13.2 Å². The summed E-state index contributed by atoms with van der Waals surface area (Å²) >= 11 is 1.77. The van der Waals surface area contributed by atoms with Gasteiger partial charge < -0.3 is 9.67 Å². The van der Waals surface area contributed by atoms with Crippen molar-refractivity contribution in [1.82, 2.24) is 19.2 Å². The molecule has 0 aromatic carbocycles. The molecule has 0 unspecified atom stereocenters. The minimum Gasteiger partial charge on any atom is -0.475 e. The quantitative estimate of drug-likeness (QED) is 0.698. The van der Waals surface area contributed by atoms with Crippen LogP contribution in [-0.4, -0.2) is 36.5 Å². The topological polar surface area (TPSA) is 63.3 Å². The van der Waals surface area contributed by atoms with Crippen LogP contribution in [0.15, 0.2) is 35.3 Å². The maximum atomic E-state index is 10.6. The smallest absolute Gasteiger partial charge is 0.475 e. The molecule has 0 aliphatic carbocycles. The van der Waals surface area contributed by atoms with Gasteiger partial charge in [0.25, 0.3) is 0 Å². The molecule has 0 amide bonds. The highest BCUT2D eigenvalue weighted by molar-refractivity contribution is 7.07. The van der Waals surface area contributed by atoms with Crippen LogP contribution in [0.1, 0.15) is 16.8 Å². The van der Waals surface area contributed by atoms with E-state index in [4.69, 9.17) is 9.90 Å². The normalized spacial score (nSPS) is 13.9. The Kier molecular flexibility index (Phi) is 5.61. The van der Waals surface area contributed by atoms with Crippen molar-refractivity contribution in [2.45, 2.75) is 25.8 Å². The van der Waals surface area contributed by atoms with Crippen molar-refractivity contribution in [3.63, 3.8) is 0 Å². The Morgan fingerprint density at radius 1 is 1.29 bits per heavy atom. The molecule has 4 rings (SSSR count). The number of halogens is 3.